The number of hydrogen-bond acceptors (Lipinski definition) is 5. The van der Waals surface area contributed by atoms with E-state index < -0.39 is 34.3 Å². The molecule has 3 aromatic carbocycles. The SMILES string of the molecule is CCOc1ccc(N(CC(=O)N(Cc2ccc(F)cc2)[C@H](CC)C(=O)NC(C)C)S(=O)(=O)c2ccc(C)cc2)cc1. The number of amides is 2. The number of carbonyl (C=O) groups is 2. The van der Waals surface area contributed by atoms with Crippen molar-refractivity contribution in [2.75, 3.05) is 17.5 Å². The second-order valence-corrected chi connectivity index (χ2v) is 11.8. The van der Waals surface area contributed by atoms with Crippen LogP contribution in [0.3, 0.4) is 0 Å². The molecule has 220 valence electrons. The first-order valence-electron chi connectivity index (χ1n) is 13.6. The molecule has 8 nitrogen and oxygen atoms in total. The monoisotopic (exact) mass is 583 g/mol. The number of benzene rings is 3. The average Bonchev–Trinajstić information content (AvgIpc) is 2.93. The van der Waals surface area contributed by atoms with Crippen molar-refractivity contribution in [1.82, 2.24) is 10.2 Å². The van der Waals surface area contributed by atoms with Gasteiger partial charge in [-0.25, -0.2) is 12.8 Å². The number of carbonyl (C=O) groups excluding carboxylic acids is 2. The molecule has 2 amide bonds. The van der Waals surface area contributed by atoms with Gasteiger partial charge >= 0.3 is 0 Å². The van der Waals surface area contributed by atoms with Gasteiger partial charge in [0, 0.05) is 12.6 Å². The summed E-state index contributed by atoms with van der Waals surface area (Å²) in [6, 6.07) is 17.4. The van der Waals surface area contributed by atoms with Gasteiger partial charge in [-0.05, 0) is 88.2 Å². The molecule has 3 aromatic rings. The summed E-state index contributed by atoms with van der Waals surface area (Å²) in [6.45, 7) is 8.99. The number of nitrogens with zero attached hydrogens (tertiary/aromatic N) is 2. The van der Waals surface area contributed by atoms with Crippen LogP contribution in [-0.4, -0.2) is 50.4 Å². The molecule has 3 rings (SSSR count). The van der Waals surface area contributed by atoms with Crippen molar-refractivity contribution in [3.8, 4) is 5.75 Å². The van der Waals surface area contributed by atoms with E-state index in [1.54, 1.807) is 43.3 Å². The third-order valence-corrected chi connectivity index (χ3v) is 8.19. The lowest BCUT2D eigenvalue weighted by Gasteiger charge is -2.33. The van der Waals surface area contributed by atoms with Gasteiger partial charge in [-0.15, -0.1) is 0 Å². The standard InChI is InChI=1S/C31H38FN3O5S/c1-6-29(31(37)33-22(3)4)34(20-24-10-12-25(32)13-11-24)30(36)21-35(26-14-16-27(17-15-26)40-7-2)41(38,39)28-18-8-23(5)9-19-28/h8-19,22,29H,6-7,20-21H2,1-5H3,(H,33,37)/t29-/m1/s1. The molecular weight excluding hydrogens is 545 g/mol. The molecule has 0 saturated heterocycles. The first-order valence-corrected chi connectivity index (χ1v) is 15.1. The Hall–Kier alpha value is -3.92. The third kappa shape index (κ3) is 8.29. The van der Waals surface area contributed by atoms with Crippen molar-refractivity contribution in [2.24, 2.45) is 0 Å². The summed E-state index contributed by atoms with van der Waals surface area (Å²) in [5.74, 6) is -0.802. The van der Waals surface area contributed by atoms with E-state index in [2.05, 4.69) is 5.32 Å². The van der Waals surface area contributed by atoms with Gasteiger partial charge in [0.2, 0.25) is 11.8 Å². The first-order chi connectivity index (χ1) is 19.5. The minimum absolute atomic E-state index is 0.00909. The normalized spacial score (nSPS) is 12.1. The van der Waals surface area contributed by atoms with E-state index >= 15 is 0 Å². The van der Waals surface area contributed by atoms with Gasteiger partial charge in [-0.1, -0.05) is 36.8 Å². The number of aryl methyl sites for hydroxylation is 1. The summed E-state index contributed by atoms with van der Waals surface area (Å²) in [7, 11) is -4.18. The quantitative estimate of drug-likeness (QED) is 0.304. The fourth-order valence-corrected chi connectivity index (χ4v) is 5.74. The Morgan fingerprint density at radius 3 is 2.07 bits per heavy atom. The number of sulfonamides is 1. The molecule has 41 heavy (non-hydrogen) atoms. The number of anilines is 1. The van der Waals surface area contributed by atoms with Gasteiger partial charge in [-0.3, -0.25) is 13.9 Å². The molecule has 0 bridgehead atoms. The van der Waals surface area contributed by atoms with Crippen molar-refractivity contribution in [3.05, 3.63) is 89.7 Å². The second-order valence-electron chi connectivity index (χ2n) is 9.99. The van der Waals surface area contributed by atoms with E-state index in [-0.39, 0.29) is 29.1 Å². The lowest BCUT2D eigenvalue weighted by molar-refractivity contribution is -0.140. The maximum atomic E-state index is 14.0. The van der Waals surface area contributed by atoms with Crippen molar-refractivity contribution >= 4 is 27.5 Å². The largest absolute Gasteiger partial charge is 0.494 e. The maximum Gasteiger partial charge on any atom is 0.264 e. The van der Waals surface area contributed by atoms with Gasteiger partial charge in [0.1, 0.15) is 24.2 Å². The van der Waals surface area contributed by atoms with Gasteiger partial charge in [-0.2, -0.15) is 0 Å². The van der Waals surface area contributed by atoms with E-state index in [0.29, 0.717) is 24.3 Å². The van der Waals surface area contributed by atoms with E-state index in [1.165, 1.54) is 41.3 Å². The zero-order valence-electron chi connectivity index (χ0n) is 24.1. The molecule has 0 heterocycles. The maximum absolute atomic E-state index is 14.0. The molecule has 0 fully saturated rings. The highest BCUT2D eigenvalue weighted by Crippen LogP contribution is 2.27. The van der Waals surface area contributed by atoms with Crippen LogP contribution in [0.2, 0.25) is 0 Å². The van der Waals surface area contributed by atoms with Gasteiger partial charge in [0.05, 0.1) is 17.2 Å². The van der Waals surface area contributed by atoms with Crippen LogP contribution in [0.1, 0.15) is 45.2 Å². The molecule has 10 heteroatoms. The predicted octanol–water partition coefficient (Wildman–Crippen LogP) is 5.06. The molecule has 0 aliphatic carbocycles. The minimum Gasteiger partial charge on any atom is -0.494 e. The molecule has 0 unspecified atom stereocenters. The van der Waals surface area contributed by atoms with Crippen LogP contribution in [-0.2, 0) is 26.2 Å². The van der Waals surface area contributed by atoms with E-state index in [1.807, 2.05) is 27.7 Å². The van der Waals surface area contributed by atoms with E-state index in [9.17, 15) is 22.4 Å². The van der Waals surface area contributed by atoms with Gasteiger partial charge in [0.25, 0.3) is 10.0 Å². The van der Waals surface area contributed by atoms with Crippen LogP contribution >= 0.6 is 0 Å². The molecule has 1 atom stereocenters. The predicted molar refractivity (Wildman–Crippen MR) is 158 cm³/mol. The smallest absolute Gasteiger partial charge is 0.264 e. The van der Waals surface area contributed by atoms with Crippen LogP contribution in [0.25, 0.3) is 0 Å². The molecular formula is C31H38FN3O5S. The first kappa shape index (κ1) is 31.6. The Morgan fingerprint density at radius 1 is 0.927 bits per heavy atom. The number of ether oxygens (including phenoxy) is 1. The van der Waals surface area contributed by atoms with Crippen LogP contribution in [0.15, 0.2) is 77.7 Å². The Morgan fingerprint density at radius 2 is 1.54 bits per heavy atom. The van der Waals surface area contributed by atoms with Crippen LogP contribution in [0.4, 0.5) is 10.1 Å². The summed E-state index contributed by atoms with van der Waals surface area (Å²) < 4.78 is 48.0. The van der Waals surface area contributed by atoms with Crippen LogP contribution in [0.5, 0.6) is 5.75 Å². The van der Waals surface area contributed by atoms with Crippen LogP contribution in [0, 0.1) is 12.7 Å². The van der Waals surface area contributed by atoms with Gasteiger partial charge in [0.15, 0.2) is 0 Å². The third-order valence-electron chi connectivity index (χ3n) is 6.41. The number of hydrogen-bond donors (Lipinski definition) is 1. The zero-order chi connectivity index (χ0) is 30.2. The Labute approximate surface area is 242 Å². The lowest BCUT2D eigenvalue weighted by atomic mass is 10.1. The van der Waals surface area contributed by atoms with E-state index in [0.717, 1.165) is 9.87 Å². The molecule has 0 saturated carbocycles. The fraction of sp³-hybridized carbons (Fsp3) is 0.355. The Kier molecular flexibility index (Phi) is 10.9. The summed E-state index contributed by atoms with van der Waals surface area (Å²) in [5, 5.41) is 2.85. The molecule has 0 aliphatic heterocycles. The van der Waals surface area contributed by atoms with Crippen molar-refractivity contribution in [2.45, 2.75) is 64.6 Å². The Balaban J connectivity index is 2.06. The highest BCUT2D eigenvalue weighted by Gasteiger charge is 2.33. The number of halogens is 1. The van der Waals surface area contributed by atoms with Crippen molar-refractivity contribution in [1.29, 1.82) is 0 Å². The lowest BCUT2D eigenvalue weighted by Crippen LogP contribution is -2.53. The molecule has 0 spiro atoms. The summed E-state index contributed by atoms with van der Waals surface area (Å²) >= 11 is 0. The van der Waals surface area contributed by atoms with Crippen molar-refractivity contribution < 1.29 is 27.1 Å². The molecule has 0 aromatic heterocycles. The topological polar surface area (TPSA) is 96.0 Å². The second kappa shape index (κ2) is 14.1. The van der Waals surface area contributed by atoms with Gasteiger partial charge < -0.3 is 15.0 Å². The Bertz CT molecular complexity index is 1410. The fourth-order valence-electron chi connectivity index (χ4n) is 4.33. The average molecular weight is 584 g/mol. The minimum atomic E-state index is -4.18. The summed E-state index contributed by atoms with van der Waals surface area (Å²) in [4.78, 5) is 28.6. The van der Waals surface area contributed by atoms with Crippen molar-refractivity contribution in [3.63, 3.8) is 0 Å². The molecule has 1 N–H and O–H groups in total. The number of nitrogens with one attached hydrogen (secondary N) is 1. The highest BCUT2D eigenvalue weighted by molar-refractivity contribution is 7.92. The highest BCUT2D eigenvalue weighted by atomic mass is 32.2. The van der Waals surface area contributed by atoms with E-state index in [4.69, 9.17) is 4.74 Å². The zero-order valence-corrected chi connectivity index (χ0v) is 24.9. The molecule has 0 radical (unpaired) electrons. The summed E-state index contributed by atoms with van der Waals surface area (Å²) in [6.07, 6.45) is 0.291. The number of rotatable bonds is 13. The molecule has 0 aliphatic rings. The van der Waals surface area contributed by atoms with Crippen LogP contribution < -0.4 is 14.4 Å². The summed E-state index contributed by atoms with van der Waals surface area (Å²) in [5.41, 5.74) is 1.76.